The van der Waals surface area contributed by atoms with Gasteiger partial charge in [-0.05, 0) is 55.0 Å². The summed E-state index contributed by atoms with van der Waals surface area (Å²) in [6.07, 6.45) is -8.10. The van der Waals surface area contributed by atoms with Crippen molar-refractivity contribution in [2.45, 2.75) is 24.2 Å². The molecular weight excluding hydrogens is 542 g/mol. The normalized spacial score (nSPS) is 13.4. The lowest BCUT2D eigenvalue weighted by Gasteiger charge is -2.15. The third-order valence-electron chi connectivity index (χ3n) is 4.93. The number of aryl methyl sites for hydroxylation is 1. The number of alkyl halides is 6. The number of carbonyl (C=O) groups excluding carboxylic acids is 1. The minimum absolute atomic E-state index is 0.0234. The van der Waals surface area contributed by atoms with Gasteiger partial charge in [0.1, 0.15) is 17.1 Å². The molecule has 0 fully saturated rings. The van der Waals surface area contributed by atoms with E-state index in [1.165, 1.54) is 56.6 Å². The molecule has 0 aliphatic heterocycles. The van der Waals surface area contributed by atoms with Crippen molar-refractivity contribution in [2.24, 2.45) is 4.36 Å². The molecule has 3 rings (SSSR count). The first-order valence-corrected chi connectivity index (χ1v) is 12.5. The molecule has 1 aromatic heterocycles. The molecule has 204 valence electrons. The van der Waals surface area contributed by atoms with Gasteiger partial charge in [-0.2, -0.15) is 26.3 Å². The highest BCUT2D eigenvalue weighted by Crippen LogP contribution is 2.33. The van der Waals surface area contributed by atoms with Crippen LogP contribution in [-0.4, -0.2) is 46.4 Å². The Morgan fingerprint density at radius 2 is 1.76 bits per heavy atom. The molecule has 1 N–H and O–H groups in total. The lowest BCUT2D eigenvalue weighted by atomic mass is 10.2. The van der Waals surface area contributed by atoms with Gasteiger partial charge in [0.15, 0.2) is 12.3 Å². The quantitative estimate of drug-likeness (QED) is 0.361. The molecule has 1 amide bonds. The van der Waals surface area contributed by atoms with Gasteiger partial charge in [0.25, 0.3) is 11.8 Å². The summed E-state index contributed by atoms with van der Waals surface area (Å²) in [5.41, 5.74) is -1.74. The number of amides is 1. The molecule has 3 aromatic rings. The standard InChI is InChI=1S/C23H20F6N4O4S/c1-13-9-15(36-12-22(24,25)26)7-8-18(13)37-21-17(11-19(32-33-21)23(27,28)29)20(34)31-14-5-4-6-16(10-14)38(3,35)30-2/h4-11H,12H2,1-3H3,(H,31,34). The van der Waals surface area contributed by atoms with Gasteiger partial charge in [0, 0.05) is 23.9 Å². The number of anilines is 1. The summed E-state index contributed by atoms with van der Waals surface area (Å²) in [5, 5.41) is 8.90. The van der Waals surface area contributed by atoms with Crippen LogP contribution in [0, 0.1) is 6.92 Å². The van der Waals surface area contributed by atoms with Crippen molar-refractivity contribution in [3.63, 3.8) is 0 Å². The zero-order valence-electron chi connectivity index (χ0n) is 20.0. The highest BCUT2D eigenvalue weighted by atomic mass is 32.2. The van der Waals surface area contributed by atoms with Crippen molar-refractivity contribution in [3.05, 3.63) is 65.4 Å². The SMILES string of the molecule is CN=S(C)(=O)c1cccc(NC(=O)c2cc(C(F)(F)F)nnc2Oc2ccc(OCC(F)(F)F)cc2C)c1. The number of rotatable bonds is 7. The Bertz CT molecular complexity index is 1470. The van der Waals surface area contributed by atoms with Gasteiger partial charge in [0.05, 0.1) is 9.73 Å². The van der Waals surface area contributed by atoms with E-state index in [9.17, 15) is 35.3 Å². The van der Waals surface area contributed by atoms with Crippen molar-refractivity contribution < 1.29 is 44.8 Å². The van der Waals surface area contributed by atoms with E-state index < -0.39 is 51.7 Å². The number of ether oxygens (including phenoxy) is 2. The summed E-state index contributed by atoms with van der Waals surface area (Å²) in [6.45, 7) is -0.0819. The van der Waals surface area contributed by atoms with Crippen LogP contribution in [0.5, 0.6) is 17.4 Å². The van der Waals surface area contributed by atoms with Crippen molar-refractivity contribution >= 4 is 21.3 Å². The molecule has 8 nitrogen and oxygen atoms in total. The fourth-order valence-electron chi connectivity index (χ4n) is 2.97. The largest absolute Gasteiger partial charge is 0.484 e. The minimum atomic E-state index is -4.93. The number of hydrogen-bond acceptors (Lipinski definition) is 7. The zero-order valence-corrected chi connectivity index (χ0v) is 20.8. The second-order valence-electron chi connectivity index (χ2n) is 7.85. The molecule has 1 atom stereocenters. The molecular formula is C23H20F6N4O4S. The van der Waals surface area contributed by atoms with Crippen molar-refractivity contribution in [3.8, 4) is 17.4 Å². The van der Waals surface area contributed by atoms with E-state index >= 15 is 0 Å². The van der Waals surface area contributed by atoms with Gasteiger partial charge in [-0.15, -0.1) is 10.2 Å². The van der Waals surface area contributed by atoms with E-state index in [1.54, 1.807) is 0 Å². The maximum absolute atomic E-state index is 13.3. The summed E-state index contributed by atoms with van der Waals surface area (Å²) >= 11 is 0. The number of hydrogen-bond donors (Lipinski definition) is 1. The predicted octanol–water partition coefficient (Wildman–Crippen LogP) is 5.88. The van der Waals surface area contributed by atoms with E-state index in [2.05, 4.69) is 24.6 Å². The van der Waals surface area contributed by atoms with Crippen LogP contribution in [0.1, 0.15) is 21.6 Å². The Kier molecular flexibility index (Phi) is 8.19. The Labute approximate surface area is 213 Å². The van der Waals surface area contributed by atoms with Crippen molar-refractivity contribution in [2.75, 3.05) is 25.2 Å². The van der Waals surface area contributed by atoms with E-state index in [0.29, 0.717) is 6.07 Å². The molecule has 0 aliphatic rings. The number of carbonyl (C=O) groups is 1. The van der Waals surface area contributed by atoms with Crippen LogP contribution >= 0.6 is 0 Å². The van der Waals surface area contributed by atoms with E-state index in [-0.39, 0.29) is 27.6 Å². The molecule has 0 saturated carbocycles. The molecule has 15 heteroatoms. The van der Waals surface area contributed by atoms with Gasteiger partial charge in [0.2, 0.25) is 0 Å². The van der Waals surface area contributed by atoms with Gasteiger partial charge < -0.3 is 14.8 Å². The number of aromatic nitrogens is 2. The number of halogens is 6. The summed E-state index contributed by atoms with van der Waals surface area (Å²) in [6, 6.07) is 9.80. The Morgan fingerprint density at radius 1 is 1.05 bits per heavy atom. The maximum Gasteiger partial charge on any atom is 0.435 e. The van der Waals surface area contributed by atoms with Crippen LogP contribution in [0.2, 0.25) is 0 Å². The Hall–Kier alpha value is -3.88. The Morgan fingerprint density at radius 3 is 2.37 bits per heavy atom. The third kappa shape index (κ3) is 7.34. The van der Waals surface area contributed by atoms with Crippen molar-refractivity contribution in [1.82, 2.24) is 10.2 Å². The number of nitrogens with zero attached hydrogens (tertiary/aromatic N) is 3. The second kappa shape index (κ2) is 10.8. The highest BCUT2D eigenvalue weighted by molar-refractivity contribution is 7.93. The van der Waals surface area contributed by atoms with E-state index in [4.69, 9.17) is 4.74 Å². The first-order valence-electron chi connectivity index (χ1n) is 10.5. The van der Waals surface area contributed by atoms with Gasteiger partial charge in [-0.3, -0.25) is 4.79 Å². The molecule has 0 spiro atoms. The van der Waals surface area contributed by atoms with Gasteiger partial charge in [-0.25, -0.2) is 8.57 Å². The fraction of sp³-hybridized carbons (Fsp3) is 0.261. The highest BCUT2D eigenvalue weighted by Gasteiger charge is 2.35. The topological polar surface area (TPSA) is 103 Å². The van der Waals surface area contributed by atoms with Crippen LogP contribution in [-0.2, 0) is 15.9 Å². The van der Waals surface area contributed by atoms with E-state index in [1.807, 2.05) is 0 Å². The van der Waals surface area contributed by atoms with Crippen LogP contribution in [0.4, 0.5) is 32.0 Å². The molecule has 0 radical (unpaired) electrons. The second-order valence-corrected chi connectivity index (χ2v) is 10.3. The fourth-order valence-corrected chi connectivity index (χ4v) is 3.85. The number of nitrogens with one attached hydrogen (secondary N) is 1. The third-order valence-corrected chi connectivity index (χ3v) is 6.75. The molecule has 38 heavy (non-hydrogen) atoms. The van der Waals surface area contributed by atoms with Crippen LogP contribution in [0.3, 0.4) is 0 Å². The monoisotopic (exact) mass is 562 g/mol. The maximum atomic E-state index is 13.3. The molecule has 1 heterocycles. The smallest absolute Gasteiger partial charge is 0.435 e. The molecule has 0 saturated heterocycles. The van der Waals surface area contributed by atoms with Crippen molar-refractivity contribution in [1.29, 1.82) is 0 Å². The first-order chi connectivity index (χ1) is 17.6. The molecule has 1 unspecified atom stereocenters. The van der Waals surface area contributed by atoms with Crippen LogP contribution in [0.15, 0.2) is 57.8 Å². The van der Waals surface area contributed by atoms with Gasteiger partial charge in [-0.1, -0.05) is 6.07 Å². The average Bonchev–Trinajstić information content (AvgIpc) is 2.83. The van der Waals surface area contributed by atoms with E-state index in [0.717, 1.165) is 6.07 Å². The summed E-state index contributed by atoms with van der Waals surface area (Å²) in [7, 11) is -1.40. The van der Waals surface area contributed by atoms with Crippen LogP contribution < -0.4 is 14.8 Å². The number of benzene rings is 2. The van der Waals surface area contributed by atoms with Crippen LogP contribution in [0.25, 0.3) is 0 Å². The minimum Gasteiger partial charge on any atom is -0.484 e. The molecule has 0 bridgehead atoms. The summed E-state index contributed by atoms with van der Waals surface area (Å²) in [4.78, 5) is 13.3. The predicted molar refractivity (Wildman–Crippen MR) is 125 cm³/mol. The lowest BCUT2D eigenvalue weighted by Crippen LogP contribution is -2.19. The zero-order chi connectivity index (χ0) is 28.3. The lowest BCUT2D eigenvalue weighted by molar-refractivity contribution is -0.153. The Balaban J connectivity index is 1.94. The van der Waals surface area contributed by atoms with Gasteiger partial charge >= 0.3 is 12.4 Å². The molecule has 2 aromatic carbocycles. The summed E-state index contributed by atoms with van der Waals surface area (Å²) in [5.74, 6) is -1.79. The molecule has 0 aliphatic carbocycles. The average molecular weight is 562 g/mol. The first kappa shape index (κ1) is 28.7. The summed E-state index contributed by atoms with van der Waals surface area (Å²) < 4.78 is 104.